The number of hydrogen-bond acceptors (Lipinski definition) is 2. The van der Waals surface area contributed by atoms with Gasteiger partial charge in [0.1, 0.15) is 0 Å². The highest BCUT2D eigenvalue weighted by atomic mass is 79.9. The van der Waals surface area contributed by atoms with E-state index in [1.54, 1.807) is 12.1 Å². The lowest BCUT2D eigenvalue weighted by Gasteiger charge is -2.24. The van der Waals surface area contributed by atoms with Crippen molar-refractivity contribution in [3.05, 3.63) is 64.1 Å². The number of nitrogens with zero attached hydrogens (tertiary/aromatic N) is 1. The fourth-order valence-electron chi connectivity index (χ4n) is 2.17. The summed E-state index contributed by atoms with van der Waals surface area (Å²) in [6.07, 6.45) is 0. The van der Waals surface area contributed by atoms with E-state index >= 15 is 0 Å². The first kappa shape index (κ1) is 18.4. The number of hydrogen-bond donors (Lipinski definition) is 2. The Labute approximate surface area is 156 Å². The van der Waals surface area contributed by atoms with E-state index in [4.69, 9.17) is 18.0 Å². The Kier molecular flexibility index (Phi) is 5.62. The minimum atomic E-state index is -0.231. The number of carbonyl (C=O) groups is 1. The lowest BCUT2D eigenvalue weighted by molar-refractivity contribution is 0.0980. The third-order valence-corrected chi connectivity index (χ3v) is 4.13. The molecule has 0 fully saturated rings. The summed E-state index contributed by atoms with van der Waals surface area (Å²) in [6, 6.07) is 14.9. The van der Waals surface area contributed by atoms with Crippen LogP contribution in [0.25, 0.3) is 0 Å². The van der Waals surface area contributed by atoms with Crippen LogP contribution in [0.3, 0.4) is 0 Å². The second-order valence-corrected chi connectivity index (χ2v) is 7.78. The standard InChI is InChI=1S/C18H20BrN3OS/c1-18(2,3)13-6-4-12(5-7-13)16(23)22(21-17(20)24)15-10-8-14(19)9-11-15/h4-11H,1-3H3,(H3,20,21,24). The summed E-state index contributed by atoms with van der Waals surface area (Å²) in [5.74, 6) is -0.231. The predicted molar refractivity (Wildman–Crippen MR) is 106 cm³/mol. The fourth-order valence-corrected chi connectivity index (χ4v) is 2.53. The van der Waals surface area contributed by atoms with Gasteiger partial charge in [-0.05, 0) is 59.6 Å². The molecule has 24 heavy (non-hydrogen) atoms. The molecule has 4 nitrogen and oxygen atoms in total. The van der Waals surface area contributed by atoms with E-state index in [9.17, 15) is 4.79 Å². The van der Waals surface area contributed by atoms with Gasteiger partial charge in [0.2, 0.25) is 0 Å². The van der Waals surface area contributed by atoms with Gasteiger partial charge in [-0.1, -0.05) is 48.8 Å². The Bertz CT molecular complexity index is 736. The molecule has 0 saturated carbocycles. The molecule has 0 saturated heterocycles. The Hall–Kier alpha value is -1.92. The molecule has 3 N–H and O–H groups in total. The van der Waals surface area contributed by atoms with Crippen molar-refractivity contribution in [2.45, 2.75) is 26.2 Å². The molecule has 0 radical (unpaired) electrons. The van der Waals surface area contributed by atoms with Crippen LogP contribution in [0.15, 0.2) is 53.0 Å². The molecule has 0 aliphatic rings. The van der Waals surface area contributed by atoms with Gasteiger partial charge in [-0.15, -0.1) is 0 Å². The highest BCUT2D eigenvalue weighted by Gasteiger charge is 2.20. The largest absolute Gasteiger partial charge is 0.375 e. The van der Waals surface area contributed by atoms with Gasteiger partial charge in [-0.3, -0.25) is 10.2 Å². The number of thiocarbonyl (C=S) groups is 1. The first-order valence-corrected chi connectivity index (χ1v) is 8.65. The maximum Gasteiger partial charge on any atom is 0.276 e. The third-order valence-electron chi connectivity index (χ3n) is 3.51. The number of nitrogens with one attached hydrogen (secondary N) is 1. The fraction of sp³-hybridized carbons (Fsp3) is 0.222. The van der Waals surface area contributed by atoms with Crippen LogP contribution in [0.5, 0.6) is 0 Å². The molecule has 6 heteroatoms. The van der Waals surface area contributed by atoms with E-state index in [0.717, 1.165) is 10.0 Å². The van der Waals surface area contributed by atoms with Gasteiger partial charge in [0.25, 0.3) is 5.91 Å². The average Bonchev–Trinajstić information content (AvgIpc) is 2.52. The van der Waals surface area contributed by atoms with Gasteiger partial charge in [0, 0.05) is 10.0 Å². The molecule has 0 aromatic heterocycles. The van der Waals surface area contributed by atoms with Gasteiger partial charge in [0.15, 0.2) is 5.11 Å². The highest BCUT2D eigenvalue weighted by molar-refractivity contribution is 9.10. The molecule has 0 atom stereocenters. The van der Waals surface area contributed by atoms with Crippen LogP contribution < -0.4 is 16.2 Å². The molecule has 126 valence electrons. The number of benzene rings is 2. The van der Waals surface area contributed by atoms with E-state index in [1.807, 2.05) is 36.4 Å². The Balaban J connectivity index is 2.34. The van der Waals surface area contributed by atoms with Crippen molar-refractivity contribution in [1.82, 2.24) is 5.43 Å². The summed E-state index contributed by atoms with van der Waals surface area (Å²) in [4.78, 5) is 12.9. The molecular weight excluding hydrogens is 386 g/mol. The molecule has 0 spiro atoms. The normalized spacial score (nSPS) is 11.0. The molecule has 0 bridgehead atoms. The number of rotatable bonds is 2. The van der Waals surface area contributed by atoms with Gasteiger partial charge >= 0.3 is 0 Å². The molecular formula is C18H20BrN3OS. The maximum atomic E-state index is 12.9. The van der Waals surface area contributed by atoms with Crippen LogP contribution in [0, 0.1) is 0 Å². The van der Waals surface area contributed by atoms with Gasteiger partial charge in [0.05, 0.1) is 5.69 Å². The Morgan fingerprint density at radius 2 is 1.62 bits per heavy atom. The molecule has 0 aliphatic heterocycles. The summed E-state index contributed by atoms with van der Waals surface area (Å²) < 4.78 is 0.920. The lowest BCUT2D eigenvalue weighted by atomic mass is 9.86. The van der Waals surface area contributed by atoms with Crippen LogP contribution in [-0.2, 0) is 5.41 Å². The third kappa shape index (κ3) is 4.55. The minimum Gasteiger partial charge on any atom is -0.375 e. The summed E-state index contributed by atoms with van der Waals surface area (Å²) in [6.45, 7) is 6.39. The summed E-state index contributed by atoms with van der Waals surface area (Å²) in [5.41, 5.74) is 10.7. The van der Waals surface area contributed by atoms with Crippen molar-refractivity contribution < 1.29 is 4.79 Å². The van der Waals surface area contributed by atoms with Crippen LogP contribution in [0.1, 0.15) is 36.7 Å². The second-order valence-electron chi connectivity index (χ2n) is 6.42. The van der Waals surface area contributed by atoms with Crippen molar-refractivity contribution in [2.24, 2.45) is 5.73 Å². The zero-order chi connectivity index (χ0) is 17.9. The van der Waals surface area contributed by atoms with Gasteiger partial charge in [-0.2, -0.15) is 0 Å². The van der Waals surface area contributed by atoms with Crippen LogP contribution in [0.2, 0.25) is 0 Å². The van der Waals surface area contributed by atoms with E-state index in [-0.39, 0.29) is 16.4 Å². The zero-order valence-corrected chi connectivity index (χ0v) is 16.2. The maximum absolute atomic E-state index is 12.9. The van der Waals surface area contributed by atoms with Crippen LogP contribution in [0.4, 0.5) is 5.69 Å². The van der Waals surface area contributed by atoms with Gasteiger partial charge in [-0.25, -0.2) is 5.01 Å². The molecule has 2 aromatic rings. The lowest BCUT2D eigenvalue weighted by Crippen LogP contribution is -2.48. The number of carbonyl (C=O) groups excluding carboxylic acids is 1. The quantitative estimate of drug-likeness (QED) is 0.582. The summed E-state index contributed by atoms with van der Waals surface area (Å²) >= 11 is 8.28. The molecule has 2 aromatic carbocycles. The zero-order valence-electron chi connectivity index (χ0n) is 13.8. The van der Waals surface area contributed by atoms with Crippen molar-refractivity contribution in [1.29, 1.82) is 0 Å². The Morgan fingerprint density at radius 1 is 1.08 bits per heavy atom. The highest BCUT2D eigenvalue weighted by Crippen LogP contribution is 2.23. The molecule has 0 heterocycles. The van der Waals surface area contributed by atoms with Crippen LogP contribution >= 0.6 is 28.1 Å². The Morgan fingerprint density at radius 3 is 2.08 bits per heavy atom. The first-order chi connectivity index (χ1) is 11.2. The van der Waals surface area contributed by atoms with E-state index in [1.165, 1.54) is 5.01 Å². The monoisotopic (exact) mass is 405 g/mol. The average molecular weight is 406 g/mol. The van der Waals surface area contributed by atoms with Crippen molar-refractivity contribution in [2.75, 3.05) is 5.01 Å². The number of anilines is 1. The van der Waals surface area contributed by atoms with Gasteiger partial charge < -0.3 is 5.73 Å². The van der Waals surface area contributed by atoms with E-state index in [2.05, 4.69) is 42.1 Å². The smallest absolute Gasteiger partial charge is 0.276 e. The van der Waals surface area contributed by atoms with E-state index < -0.39 is 0 Å². The van der Waals surface area contributed by atoms with Crippen LogP contribution in [-0.4, -0.2) is 11.0 Å². The number of nitrogens with two attached hydrogens (primary N) is 1. The topological polar surface area (TPSA) is 58.4 Å². The molecule has 0 aliphatic carbocycles. The van der Waals surface area contributed by atoms with Crippen molar-refractivity contribution in [3.63, 3.8) is 0 Å². The second kappa shape index (κ2) is 7.32. The minimum absolute atomic E-state index is 0.0255. The number of hydrazine groups is 1. The SMILES string of the molecule is CC(C)(C)c1ccc(C(=O)N(NC(N)=S)c2ccc(Br)cc2)cc1. The number of amides is 1. The molecule has 0 unspecified atom stereocenters. The first-order valence-electron chi connectivity index (χ1n) is 7.45. The summed E-state index contributed by atoms with van der Waals surface area (Å²) in [5, 5.41) is 1.37. The molecule has 1 amide bonds. The number of halogens is 1. The molecule has 2 rings (SSSR count). The van der Waals surface area contributed by atoms with Crippen molar-refractivity contribution in [3.8, 4) is 0 Å². The predicted octanol–water partition coefficient (Wildman–Crippen LogP) is 4.14. The van der Waals surface area contributed by atoms with Crippen molar-refractivity contribution >= 4 is 44.9 Å². The van der Waals surface area contributed by atoms with E-state index in [0.29, 0.717) is 11.3 Å². The summed E-state index contributed by atoms with van der Waals surface area (Å²) in [7, 11) is 0.